The fraction of sp³-hybridized carbons (Fsp3) is 0.364. The predicted octanol–water partition coefficient (Wildman–Crippen LogP) is 3.73. The molecule has 0 heterocycles. The van der Waals surface area contributed by atoms with Crippen molar-refractivity contribution in [2.45, 2.75) is 26.4 Å². The van der Waals surface area contributed by atoms with Crippen molar-refractivity contribution in [1.29, 1.82) is 0 Å². The lowest BCUT2D eigenvalue weighted by atomic mass is 10.2. The van der Waals surface area contributed by atoms with E-state index >= 15 is 0 Å². The van der Waals surface area contributed by atoms with E-state index in [0.29, 0.717) is 5.69 Å². The summed E-state index contributed by atoms with van der Waals surface area (Å²) in [6.45, 7) is 5.37. The van der Waals surface area contributed by atoms with E-state index in [9.17, 15) is 4.79 Å². The van der Waals surface area contributed by atoms with Crippen LogP contribution < -0.4 is 5.32 Å². The summed E-state index contributed by atoms with van der Waals surface area (Å²) in [6, 6.07) is 7.14. The first kappa shape index (κ1) is 13.0. The molecule has 88 valence electrons. The number of hydrogen-bond acceptors (Lipinski definition) is 3. The Hall–Kier alpha value is -1.07. The topological polar surface area (TPSA) is 47.6 Å². The van der Waals surface area contributed by atoms with Crippen molar-refractivity contribution < 1.29 is 14.6 Å². The number of carbonyl (C=O) groups excluding carboxylic acids is 1. The maximum atomic E-state index is 11.3. The lowest BCUT2D eigenvalue weighted by molar-refractivity contribution is -0.297. The summed E-state index contributed by atoms with van der Waals surface area (Å²) in [5.74, 6) is 0. The van der Waals surface area contributed by atoms with E-state index in [1.165, 1.54) is 0 Å². The van der Waals surface area contributed by atoms with Gasteiger partial charge in [0.25, 0.3) is 0 Å². The molecule has 1 amide bonds. The zero-order valence-corrected chi connectivity index (χ0v) is 11.0. The van der Waals surface area contributed by atoms with Crippen LogP contribution in [0, 0.1) is 0 Å². The van der Waals surface area contributed by atoms with Crippen LogP contribution >= 0.6 is 15.9 Å². The van der Waals surface area contributed by atoms with Gasteiger partial charge in [0.05, 0.1) is 0 Å². The Labute approximate surface area is 103 Å². The predicted molar refractivity (Wildman–Crippen MR) is 65.1 cm³/mol. The highest BCUT2D eigenvalue weighted by Gasteiger charge is 2.15. The molecule has 1 rings (SSSR count). The Bertz CT molecular complexity index is 356. The molecule has 0 aromatic heterocycles. The largest absolute Gasteiger partial charge is 0.443 e. The van der Waals surface area contributed by atoms with Gasteiger partial charge in [0, 0.05) is 10.2 Å². The van der Waals surface area contributed by atoms with E-state index in [1.807, 2.05) is 12.1 Å². The molecule has 0 saturated carbocycles. The minimum Gasteiger partial charge on any atom is -0.289 e. The first-order valence-electron chi connectivity index (χ1n) is 4.79. The van der Waals surface area contributed by atoms with Crippen LogP contribution in [-0.2, 0) is 9.78 Å². The minimum atomic E-state index is -0.641. The average molecular weight is 288 g/mol. The number of nitrogens with one attached hydrogen (secondary N) is 1. The molecule has 0 fully saturated rings. The molecule has 1 aromatic rings. The minimum absolute atomic E-state index is 0.517. The summed E-state index contributed by atoms with van der Waals surface area (Å²) in [5, 5.41) is 2.53. The van der Waals surface area contributed by atoms with Crippen molar-refractivity contribution in [3.8, 4) is 0 Å². The van der Waals surface area contributed by atoms with Crippen LogP contribution in [0.5, 0.6) is 0 Å². The second kappa shape index (κ2) is 5.32. The Kier molecular flexibility index (Phi) is 4.32. The molecule has 1 N–H and O–H groups in total. The van der Waals surface area contributed by atoms with E-state index in [1.54, 1.807) is 32.9 Å². The van der Waals surface area contributed by atoms with Crippen LogP contribution in [0.3, 0.4) is 0 Å². The highest BCUT2D eigenvalue weighted by atomic mass is 79.9. The summed E-state index contributed by atoms with van der Waals surface area (Å²) in [7, 11) is 0. The van der Waals surface area contributed by atoms with Crippen LogP contribution in [0.15, 0.2) is 28.7 Å². The third-order valence-corrected chi connectivity index (χ3v) is 1.99. The van der Waals surface area contributed by atoms with Crippen LogP contribution in [0.4, 0.5) is 10.5 Å². The molecule has 4 nitrogen and oxygen atoms in total. The van der Waals surface area contributed by atoms with Crippen LogP contribution in [0.25, 0.3) is 0 Å². The summed E-state index contributed by atoms with van der Waals surface area (Å²) >= 11 is 3.30. The van der Waals surface area contributed by atoms with Gasteiger partial charge in [0.1, 0.15) is 5.60 Å². The molecule has 16 heavy (non-hydrogen) atoms. The normalized spacial score (nSPS) is 11.0. The maximum absolute atomic E-state index is 11.3. The fourth-order valence-corrected chi connectivity index (χ4v) is 1.10. The average Bonchev–Trinajstić information content (AvgIpc) is 2.18. The van der Waals surface area contributed by atoms with Gasteiger partial charge in [-0.05, 0) is 45.0 Å². The van der Waals surface area contributed by atoms with Gasteiger partial charge in [-0.1, -0.05) is 15.9 Å². The third kappa shape index (κ3) is 5.14. The number of halogens is 1. The van der Waals surface area contributed by atoms with Gasteiger partial charge in [-0.3, -0.25) is 10.2 Å². The van der Waals surface area contributed by atoms with E-state index in [4.69, 9.17) is 4.89 Å². The molecule has 5 heteroatoms. The Morgan fingerprint density at radius 2 is 1.81 bits per heavy atom. The standard InChI is InChI=1S/C11H14BrNO3/c1-11(2,3)16-15-10(14)13-9-6-4-8(12)5-7-9/h4-7H,1-3H3,(H,13,14). The lowest BCUT2D eigenvalue weighted by Crippen LogP contribution is -2.24. The molecular weight excluding hydrogens is 274 g/mol. The molecule has 1 aromatic carbocycles. The molecule has 0 spiro atoms. The van der Waals surface area contributed by atoms with E-state index < -0.39 is 11.7 Å². The Balaban J connectivity index is 2.43. The number of rotatable bonds is 2. The summed E-state index contributed by atoms with van der Waals surface area (Å²) in [6.07, 6.45) is -0.641. The monoisotopic (exact) mass is 287 g/mol. The van der Waals surface area contributed by atoms with Crippen LogP contribution in [0.1, 0.15) is 20.8 Å². The molecule has 0 saturated heterocycles. The van der Waals surface area contributed by atoms with E-state index in [2.05, 4.69) is 26.1 Å². The Morgan fingerprint density at radius 3 is 2.31 bits per heavy atom. The number of hydrogen-bond donors (Lipinski definition) is 1. The first-order chi connectivity index (χ1) is 7.37. The van der Waals surface area contributed by atoms with Gasteiger partial charge in [-0.2, -0.15) is 4.89 Å². The molecule has 0 aliphatic carbocycles. The van der Waals surface area contributed by atoms with Gasteiger partial charge in [0.15, 0.2) is 0 Å². The molecule has 0 bridgehead atoms. The van der Waals surface area contributed by atoms with Gasteiger partial charge in [-0.15, -0.1) is 0 Å². The molecule has 0 aliphatic heterocycles. The zero-order chi connectivity index (χ0) is 12.2. The highest BCUT2D eigenvalue weighted by Crippen LogP contribution is 2.14. The molecule has 0 aliphatic rings. The number of benzene rings is 1. The van der Waals surface area contributed by atoms with E-state index in [0.717, 1.165) is 4.47 Å². The number of amides is 1. The van der Waals surface area contributed by atoms with Crippen LogP contribution in [-0.4, -0.2) is 11.7 Å². The fourth-order valence-electron chi connectivity index (χ4n) is 0.835. The SMILES string of the molecule is CC(C)(C)OOC(=O)Nc1ccc(Br)cc1. The molecule has 0 radical (unpaired) electrons. The van der Waals surface area contributed by atoms with Gasteiger partial charge >= 0.3 is 6.09 Å². The second-order valence-corrected chi connectivity index (χ2v) is 5.11. The summed E-state index contributed by atoms with van der Waals surface area (Å²) in [4.78, 5) is 20.7. The van der Waals surface area contributed by atoms with Crippen molar-refractivity contribution in [3.63, 3.8) is 0 Å². The van der Waals surface area contributed by atoms with Crippen molar-refractivity contribution >= 4 is 27.7 Å². The molecule has 0 unspecified atom stereocenters. The van der Waals surface area contributed by atoms with Gasteiger partial charge < -0.3 is 0 Å². The van der Waals surface area contributed by atoms with Gasteiger partial charge in [-0.25, -0.2) is 4.79 Å². The van der Waals surface area contributed by atoms with Crippen LogP contribution in [0.2, 0.25) is 0 Å². The Morgan fingerprint density at radius 1 is 1.25 bits per heavy atom. The third-order valence-electron chi connectivity index (χ3n) is 1.46. The second-order valence-electron chi connectivity index (χ2n) is 4.20. The molecular formula is C11H14BrNO3. The van der Waals surface area contributed by atoms with Gasteiger partial charge in [0.2, 0.25) is 0 Å². The van der Waals surface area contributed by atoms with Crippen molar-refractivity contribution in [3.05, 3.63) is 28.7 Å². The number of anilines is 1. The first-order valence-corrected chi connectivity index (χ1v) is 5.58. The van der Waals surface area contributed by atoms with Crippen molar-refractivity contribution in [1.82, 2.24) is 0 Å². The summed E-state index contributed by atoms with van der Waals surface area (Å²) < 4.78 is 0.942. The highest BCUT2D eigenvalue weighted by molar-refractivity contribution is 9.10. The zero-order valence-electron chi connectivity index (χ0n) is 9.41. The molecule has 0 atom stereocenters. The quantitative estimate of drug-likeness (QED) is 0.666. The maximum Gasteiger partial charge on any atom is 0.443 e. The van der Waals surface area contributed by atoms with Crippen molar-refractivity contribution in [2.75, 3.05) is 5.32 Å². The lowest BCUT2D eigenvalue weighted by Gasteiger charge is -2.16. The van der Waals surface area contributed by atoms with E-state index in [-0.39, 0.29) is 0 Å². The summed E-state index contributed by atoms with van der Waals surface area (Å²) in [5.41, 5.74) is 0.127. The van der Waals surface area contributed by atoms with Crippen molar-refractivity contribution in [2.24, 2.45) is 0 Å². The smallest absolute Gasteiger partial charge is 0.289 e. The number of carbonyl (C=O) groups is 1.